The Morgan fingerprint density at radius 2 is 1.85 bits per heavy atom. The van der Waals surface area contributed by atoms with Crippen molar-refractivity contribution < 1.29 is 12.8 Å². The van der Waals surface area contributed by atoms with Crippen LogP contribution in [-0.4, -0.2) is 19.4 Å². The van der Waals surface area contributed by atoms with Crippen LogP contribution in [0.5, 0.6) is 0 Å². The first kappa shape index (κ1) is 18.5. The van der Waals surface area contributed by atoms with E-state index in [9.17, 15) is 12.8 Å². The van der Waals surface area contributed by atoms with Gasteiger partial charge in [-0.3, -0.25) is 0 Å². The van der Waals surface area contributed by atoms with E-state index in [0.717, 1.165) is 31.7 Å². The number of rotatable bonds is 4. The lowest BCUT2D eigenvalue weighted by molar-refractivity contribution is 0.332. The number of sulfonamides is 1. The Hall–Kier alpha value is -2.30. The number of benzene rings is 1. The molecule has 0 unspecified atom stereocenters. The van der Waals surface area contributed by atoms with Crippen LogP contribution in [0.3, 0.4) is 0 Å². The van der Waals surface area contributed by atoms with Gasteiger partial charge in [-0.05, 0) is 49.8 Å². The van der Waals surface area contributed by atoms with E-state index in [-0.39, 0.29) is 22.3 Å². The van der Waals surface area contributed by atoms with Crippen LogP contribution in [0.25, 0.3) is 11.3 Å². The largest absolute Gasteiger partial charge is 0.241 e. The zero-order valence-electron chi connectivity index (χ0n) is 14.4. The van der Waals surface area contributed by atoms with E-state index >= 15 is 0 Å². The topological polar surface area (TPSA) is 82.9 Å². The highest BCUT2D eigenvalue weighted by atomic mass is 32.2. The molecule has 1 aromatic carbocycles. The number of pyridine rings is 1. The number of nitrogens with zero attached hydrogens (tertiary/aromatic N) is 2. The van der Waals surface area contributed by atoms with Gasteiger partial charge in [0, 0.05) is 11.6 Å². The van der Waals surface area contributed by atoms with Crippen LogP contribution < -0.4 is 4.72 Å². The number of nitrogens with one attached hydrogen (secondary N) is 1. The zero-order chi connectivity index (χ0) is 18.7. The second-order valence-corrected chi connectivity index (χ2v) is 8.40. The summed E-state index contributed by atoms with van der Waals surface area (Å²) in [4.78, 5) is 4.05. The van der Waals surface area contributed by atoms with Gasteiger partial charge in [-0.25, -0.2) is 22.5 Å². The van der Waals surface area contributed by atoms with Gasteiger partial charge >= 0.3 is 0 Å². The highest BCUT2D eigenvalue weighted by Crippen LogP contribution is 2.29. The molecular weight excluding hydrogens is 353 g/mol. The Morgan fingerprint density at radius 1 is 1.15 bits per heavy atom. The molecule has 0 saturated heterocycles. The van der Waals surface area contributed by atoms with Gasteiger partial charge in [0.15, 0.2) is 11.5 Å². The molecule has 0 atom stereocenters. The molecule has 1 heterocycles. The van der Waals surface area contributed by atoms with Crippen molar-refractivity contribution in [3.63, 3.8) is 0 Å². The fourth-order valence-electron chi connectivity index (χ4n) is 3.24. The smallest absolute Gasteiger partial charge is 0.234 e. The Kier molecular flexibility index (Phi) is 5.35. The monoisotopic (exact) mass is 373 g/mol. The lowest BCUT2D eigenvalue weighted by Gasteiger charge is -2.27. The first-order valence-corrected chi connectivity index (χ1v) is 10.1. The predicted molar refractivity (Wildman–Crippen MR) is 96.1 cm³/mol. The van der Waals surface area contributed by atoms with Crippen molar-refractivity contribution in [2.24, 2.45) is 5.92 Å². The van der Waals surface area contributed by atoms with Crippen LogP contribution in [0.1, 0.15) is 38.3 Å². The minimum atomic E-state index is -3.75. The molecule has 0 spiro atoms. The maximum Gasteiger partial charge on any atom is 0.241 e. The lowest BCUT2D eigenvalue weighted by atomic mass is 9.88. The van der Waals surface area contributed by atoms with Crippen LogP contribution in [0, 0.1) is 23.1 Å². The number of aromatic nitrogens is 1. The summed E-state index contributed by atoms with van der Waals surface area (Å²) < 4.78 is 42.2. The molecule has 1 aliphatic rings. The van der Waals surface area contributed by atoms with Crippen molar-refractivity contribution in [3.05, 3.63) is 47.9 Å². The summed E-state index contributed by atoms with van der Waals surface area (Å²) in [6.45, 7) is 2.17. The normalized spacial score (nSPS) is 20.5. The molecule has 136 valence electrons. The third kappa shape index (κ3) is 3.92. The third-order valence-corrected chi connectivity index (χ3v) is 6.32. The van der Waals surface area contributed by atoms with Gasteiger partial charge in [-0.15, -0.1) is 0 Å². The quantitative estimate of drug-likeness (QED) is 0.887. The minimum absolute atomic E-state index is 0.0832. The second kappa shape index (κ2) is 7.52. The molecule has 26 heavy (non-hydrogen) atoms. The Morgan fingerprint density at radius 3 is 2.54 bits per heavy atom. The molecule has 2 aromatic rings. The zero-order valence-corrected chi connectivity index (χ0v) is 15.3. The highest BCUT2D eigenvalue weighted by molar-refractivity contribution is 7.89. The molecule has 5 nitrogen and oxygen atoms in total. The van der Waals surface area contributed by atoms with Gasteiger partial charge in [0.25, 0.3) is 0 Å². The molecule has 1 aromatic heterocycles. The summed E-state index contributed by atoms with van der Waals surface area (Å²) in [5.41, 5.74) is 0.241. The van der Waals surface area contributed by atoms with Gasteiger partial charge in [-0.1, -0.05) is 25.1 Å². The van der Waals surface area contributed by atoms with Gasteiger partial charge in [0.1, 0.15) is 6.07 Å². The molecule has 0 amide bonds. The molecule has 3 rings (SSSR count). The summed E-state index contributed by atoms with van der Waals surface area (Å²) >= 11 is 0. The standard InChI is InChI=1S/C19H20FN3O2S/c1-13-6-8-14(9-7-13)23-26(24,25)19-5-3-2-4-15(19)17-11-10-16(20)18(12-21)22-17/h2-5,10-11,13-14,23H,6-9H2,1H3. The van der Waals surface area contributed by atoms with Crippen molar-refractivity contribution in [2.45, 2.75) is 43.5 Å². The summed E-state index contributed by atoms with van der Waals surface area (Å²) in [5.74, 6) is -0.109. The summed E-state index contributed by atoms with van der Waals surface area (Å²) in [5, 5.41) is 8.97. The van der Waals surface area contributed by atoms with Crippen molar-refractivity contribution in [1.29, 1.82) is 5.26 Å². The average molecular weight is 373 g/mol. The van der Waals surface area contributed by atoms with Crippen molar-refractivity contribution in [3.8, 4) is 17.3 Å². The van der Waals surface area contributed by atoms with Crippen LogP contribution in [-0.2, 0) is 10.0 Å². The maximum atomic E-state index is 13.5. The van der Waals surface area contributed by atoms with Gasteiger partial charge in [0.2, 0.25) is 10.0 Å². The van der Waals surface area contributed by atoms with Crippen LogP contribution in [0.4, 0.5) is 4.39 Å². The van der Waals surface area contributed by atoms with Crippen molar-refractivity contribution >= 4 is 10.0 Å². The molecule has 7 heteroatoms. The minimum Gasteiger partial charge on any atom is -0.234 e. The summed E-state index contributed by atoms with van der Waals surface area (Å²) in [7, 11) is -3.75. The van der Waals surface area contributed by atoms with Crippen LogP contribution in [0.2, 0.25) is 0 Å². The first-order chi connectivity index (χ1) is 12.4. The van der Waals surface area contributed by atoms with E-state index in [1.54, 1.807) is 24.3 Å². The number of nitriles is 1. The maximum absolute atomic E-state index is 13.5. The molecule has 1 fully saturated rings. The molecule has 0 radical (unpaired) electrons. The summed E-state index contributed by atoms with van der Waals surface area (Å²) in [6.07, 6.45) is 3.63. The van der Waals surface area contributed by atoms with Crippen molar-refractivity contribution in [1.82, 2.24) is 9.71 Å². The van der Waals surface area contributed by atoms with E-state index in [2.05, 4.69) is 16.6 Å². The molecular formula is C19H20FN3O2S. The van der Waals surface area contributed by atoms with Gasteiger partial charge in [-0.2, -0.15) is 5.26 Å². The fraction of sp³-hybridized carbons (Fsp3) is 0.368. The van der Waals surface area contributed by atoms with E-state index in [0.29, 0.717) is 11.5 Å². The third-order valence-electron chi connectivity index (χ3n) is 4.74. The van der Waals surface area contributed by atoms with Gasteiger partial charge in [0.05, 0.1) is 10.6 Å². The average Bonchev–Trinajstić information content (AvgIpc) is 2.64. The van der Waals surface area contributed by atoms with E-state index in [4.69, 9.17) is 5.26 Å². The number of hydrogen-bond donors (Lipinski definition) is 1. The van der Waals surface area contributed by atoms with Gasteiger partial charge < -0.3 is 0 Å². The van der Waals surface area contributed by atoms with Crippen LogP contribution >= 0.6 is 0 Å². The number of halogens is 1. The molecule has 0 bridgehead atoms. The first-order valence-electron chi connectivity index (χ1n) is 8.59. The van der Waals surface area contributed by atoms with Crippen molar-refractivity contribution in [2.75, 3.05) is 0 Å². The number of hydrogen-bond acceptors (Lipinski definition) is 4. The highest BCUT2D eigenvalue weighted by Gasteiger charge is 2.26. The SMILES string of the molecule is CC1CCC(NS(=O)(=O)c2ccccc2-c2ccc(F)c(C#N)n2)CC1. The van der Waals surface area contributed by atoms with E-state index < -0.39 is 15.8 Å². The van der Waals surface area contributed by atoms with Crippen LogP contribution in [0.15, 0.2) is 41.3 Å². The molecule has 1 N–H and O–H groups in total. The molecule has 0 aliphatic heterocycles. The predicted octanol–water partition coefficient (Wildman–Crippen LogP) is 3.62. The Bertz CT molecular complexity index is 945. The molecule has 1 aliphatic carbocycles. The second-order valence-electron chi connectivity index (χ2n) is 6.71. The lowest BCUT2D eigenvalue weighted by Crippen LogP contribution is -2.37. The van der Waals surface area contributed by atoms with E-state index in [1.807, 2.05) is 0 Å². The Balaban J connectivity index is 1.95. The summed E-state index contributed by atoms with van der Waals surface area (Å²) in [6, 6.07) is 10.5. The van der Waals surface area contributed by atoms with E-state index in [1.165, 1.54) is 12.1 Å². The fourth-order valence-corrected chi connectivity index (χ4v) is 4.77. The molecule has 1 saturated carbocycles. The Labute approximate surface area is 152 Å².